The van der Waals surface area contributed by atoms with Crippen LogP contribution in [-0.2, 0) is 38.1 Å². The highest BCUT2D eigenvalue weighted by Gasteiger charge is 2.71. The molecule has 0 heterocycles. The summed E-state index contributed by atoms with van der Waals surface area (Å²) in [6.07, 6.45) is -0.0488. The lowest BCUT2D eigenvalue weighted by Gasteiger charge is -2.55. The molecule has 3 rings (SSSR count). The number of methoxy groups -OCH3 is 4. The summed E-state index contributed by atoms with van der Waals surface area (Å²) in [6, 6.07) is 6.89. The van der Waals surface area contributed by atoms with Gasteiger partial charge in [-0.3, -0.25) is 14.4 Å². The van der Waals surface area contributed by atoms with Crippen LogP contribution in [0, 0.1) is 23.7 Å². The molecule has 2 bridgehead atoms. The largest absolute Gasteiger partial charge is 0.511 e. The maximum Gasteiger partial charge on any atom is 0.337 e. The van der Waals surface area contributed by atoms with E-state index in [1.54, 1.807) is 24.3 Å². The van der Waals surface area contributed by atoms with E-state index in [4.69, 9.17) is 18.9 Å². The Morgan fingerprint density at radius 2 is 1.41 bits per heavy atom. The lowest BCUT2D eigenvalue weighted by Crippen LogP contribution is -2.68. The van der Waals surface area contributed by atoms with Crippen LogP contribution >= 0.6 is 15.9 Å². The molecule has 2 N–H and O–H groups in total. The predicted octanol–water partition coefficient (Wildman–Crippen LogP) is 1.65. The Bertz CT molecular complexity index is 1050. The van der Waals surface area contributed by atoms with Crippen LogP contribution in [0.1, 0.15) is 17.9 Å². The molecule has 34 heavy (non-hydrogen) atoms. The van der Waals surface area contributed by atoms with E-state index < -0.39 is 64.8 Å². The summed E-state index contributed by atoms with van der Waals surface area (Å²) in [5, 5.41) is 23.3. The van der Waals surface area contributed by atoms with Gasteiger partial charge >= 0.3 is 23.9 Å². The summed E-state index contributed by atoms with van der Waals surface area (Å²) in [7, 11) is 4.27. The number of ether oxygens (including phenoxy) is 4. The first-order valence-electron chi connectivity index (χ1n) is 10.3. The van der Waals surface area contributed by atoms with Crippen LogP contribution in [0.2, 0.25) is 0 Å². The van der Waals surface area contributed by atoms with Crippen molar-refractivity contribution >= 4 is 39.8 Å². The minimum atomic E-state index is -2.56. The van der Waals surface area contributed by atoms with Gasteiger partial charge in [-0.25, -0.2) is 4.79 Å². The van der Waals surface area contributed by atoms with Gasteiger partial charge in [-0.1, -0.05) is 34.1 Å². The molecule has 184 valence electrons. The molecule has 2 aliphatic carbocycles. The molecule has 1 aromatic rings. The number of hydrogen-bond donors (Lipinski definition) is 2. The molecule has 11 heteroatoms. The third kappa shape index (κ3) is 3.76. The molecule has 0 unspecified atom stereocenters. The number of aliphatic hydroxyl groups excluding tert-OH is 1. The fraction of sp³-hybridized carbons (Fsp3) is 0.478. The maximum atomic E-state index is 13.2. The fourth-order valence-corrected chi connectivity index (χ4v) is 6.00. The Morgan fingerprint density at radius 1 is 0.882 bits per heavy atom. The zero-order valence-electron chi connectivity index (χ0n) is 18.9. The van der Waals surface area contributed by atoms with Crippen LogP contribution in [0.4, 0.5) is 0 Å². The number of esters is 4. The minimum Gasteiger partial charge on any atom is -0.511 e. The first kappa shape index (κ1) is 25.7. The Hall–Kier alpha value is -2.92. The lowest BCUT2D eigenvalue weighted by atomic mass is 9.49. The summed E-state index contributed by atoms with van der Waals surface area (Å²) in [4.78, 5) is 51.9. The molecule has 0 spiro atoms. The van der Waals surface area contributed by atoms with Gasteiger partial charge in [-0.05, 0) is 18.1 Å². The quantitative estimate of drug-likeness (QED) is 0.417. The number of halogens is 1. The third-order valence-electron chi connectivity index (χ3n) is 6.75. The normalized spacial score (nSPS) is 30.2. The number of rotatable bonds is 5. The zero-order chi connectivity index (χ0) is 25.4. The van der Waals surface area contributed by atoms with E-state index in [-0.39, 0.29) is 12.0 Å². The van der Waals surface area contributed by atoms with Crippen molar-refractivity contribution in [3.8, 4) is 0 Å². The smallest absolute Gasteiger partial charge is 0.337 e. The molecule has 0 amide bonds. The van der Waals surface area contributed by atoms with Gasteiger partial charge in [-0.15, -0.1) is 0 Å². The number of aliphatic hydroxyl groups is 2. The van der Waals surface area contributed by atoms with Crippen molar-refractivity contribution in [2.24, 2.45) is 23.7 Å². The maximum absolute atomic E-state index is 13.2. The van der Waals surface area contributed by atoms with E-state index in [2.05, 4.69) is 15.9 Å². The Kier molecular flexibility index (Phi) is 7.37. The second-order valence-corrected chi connectivity index (χ2v) is 8.96. The van der Waals surface area contributed by atoms with E-state index in [1.165, 1.54) is 0 Å². The summed E-state index contributed by atoms with van der Waals surface area (Å²) in [5.74, 6) is -11.9. The minimum absolute atomic E-state index is 0.0488. The molecule has 0 radical (unpaired) electrons. The molecule has 0 aromatic heterocycles. The van der Waals surface area contributed by atoms with Crippen molar-refractivity contribution in [3.05, 3.63) is 45.6 Å². The molecule has 1 saturated carbocycles. The molecule has 10 nitrogen and oxygen atoms in total. The van der Waals surface area contributed by atoms with Crippen molar-refractivity contribution in [1.29, 1.82) is 0 Å². The SMILES string of the molecule is COC(=O)C1=C(O)[C@H](C(=O)OC)[C@]2(O)[C@@H](C(=O)OC)[C@H]1C[C@@H](c1ccccc1Br)[C@@H]2C(=O)OC. The molecule has 0 saturated heterocycles. The number of fused-ring (bicyclic) bond motifs is 2. The van der Waals surface area contributed by atoms with Gasteiger partial charge < -0.3 is 29.2 Å². The predicted molar refractivity (Wildman–Crippen MR) is 118 cm³/mol. The monoisotopic (exact) mass is 540 g/mol. The van der Waals surface area contributed by atoms with Crippen LogP contribution < -0.4 is 0 Å². The van der Waals surface area contributed by atoms with E-state index in [0.29, 0.717) is 10.0 Å². The van der Waals surface area contributed by atoms with Gasteiger partial charge in [0.1, 0.15) is 17.3 Å². The average molecular weight is 541 g/mol. The zero-order valence-corrected chi connectivity index (χ0v) is 20.5. The van der Waals surface area contributed by atoms with Gasteiger partial charge in [0, 0.05) is 16.3 Å². The van der Waals surface area contributed by atoms with Crippen LogP contribution in [0.5, 0.6) is 0 Å². The number of hydrogen-bond acceptors (Lipinski definition) is 10. The topological polar surface area (TPSA) is 146 Å². The molecule has 6 atom stereocenters. The van der Waals surface area contributed by atoms with Crippen LogP contribution in [0.3, 0.4) is 0 Å². The van der Waals surface area contributed by atoms with Crippen molar-refractivity contribution < 1.29 is 48.3 Å². The number of carbonyl (C=O) groups excluding carboxylic acids is 4. The molecular formula is C23H25BrO10. The Morgan fingerprint density at radius 3 is 1.91 bits per heavy atom. The van der Waals surface area contributed by atoms with Gasteiger partial charge in [0.05, 0.1) is 45.8 Å². The van der Waals surface area contributed by atoms with Gasteiger partial charge in [-0.2, -0.15) is 0 Å². The van der Waals surface area contributed by atoms with E-state index >= 15 is 0 Å². The number of carbonyl (C=O) groups is 4. The Labute approximate surface area is 203 Å². The van der Waals surface area contributed by atoms with E-state index in [1.807, 2.05) is 0 Å². The summed E-state index contributed by atoms with van der Waals surface area (Å²) in [6.45, 7) is 0. The van der Waals surface area contributed by atoms with E-state index in [0.717, 1.165) is 28.4 Å². The van der Waals surface area contributed by atoms with Crippen LogP contribution in [0.15, 0.2) is 40.1 Å². The molecular weight excluding hydrogens is 516 g/mol. The van der Waals surface area contributed by atoms with Gasteiger partial charge in [0.2, 0.25) is 0 Å². The van der Waals surface area contributed by atoms with Crippen molar-refractivity contribution in [3.63, 3.8) is 0 Å². The fourth-order valence-electron chi connectivity index (χ4n) is 5.42. The average Bonchev–Trinajstić information content (AvgIpc) is 2.82. The second kappa shape index (κ2) is 9.75. The lowest BCUT2D eigenvalue weighted by molar-refractivity contribution is -0.208. The summed E-state index contributed by atoms with van der Waals surface area (Å²) in [5.41, 5.74) is -2.35. The third-order valence-corrected chi connectivity index (χ3v) is 7.47. The summed E-state index contributed by atoms with van der Waals surface area (Å²) < 4.78 is 20.1. The summed E-state index contributed by atoms with van der Waals surface area (Å²) >= 11 is 3.44. The van der Waals surface area contributed by atoms with Gasteiger partial charge in [0.15, 0.2) is 0 Å². The van der Waals surface area contributed by atoms with Crippen molar-refractivity contribution in [1.82, 2.24) is 0 Å². The first-order chi connectivity index (χ1) is 16.1. The van der Waals surface area contributed by atoms with E-state index in [9.17, 15) is 29.4 Å². The van der Waals surface area contributed by atoms with Crippen molar-refractivity contribution in [2.75, 3.05) is 28.4 Å². The molecule has 2 aliphatic rings. The number of benzene rings is 1. The molecule has 1 aromatic carbocycles. The standard InChI is InChI=1S/C23H25BrO10/c1-31-19(26)14-12-9-11(10-7-5-6-8-13(10)24)15(20(27)32-2)23(30,16(12)21(28)33-3)17(18(14)25)22(29)34-4/h5-8,11-12,15-17,25,30H,9H2,1-4H3/t11-,12-,15+,16+,17+,23+/m0/s1. The van der Waals surface area contributed by atoms with Gasteiger partial charge in [0.25, 0.3) is 0 Å². The van der Waals surface area contributed by atoms with Crippen molar-refractivity contribution in [2.45, 2.75) is 17.9 Å². The Balaban J connectivity index is 2.43. The second-order valence-electron chi connectivity index (χ2n) is 8.11. The highest BCUT2D eigenvalue weighted by Crippen LogP contribution is 2.60. The highest BCUT2D eigenvalue weighted by molar-refractivity contribution is 9.10. The van der Waals surface area contributed by atoms with Crippen LogP contribution in [-0.4, -0.2) is 68.1 Å². The molecule has 1 fully saturated rings. The van der Waals surface area contributed by atoms with Crippen LogP contribution in [0.25, 0.3) is 0 Å². The molecule has 0 aliphatic heterocycles. The first-order valence-corrected chi connectivity index (χ1v) is 11.1. The highest BCUT2D eigenvalue weighted by atomic mass is 79.9.